The molecule has 1 aliphatic carbocycles. The number of rotatable bonds is 3. The number of hydrogen-bond donors (Lipinski definition) is 0. The molecule has 0 N–H and O–H groups in total. The summed E-state index contributed by atoms with van der Waals surface area (Å²) in [5, 5.41) is 1.15. The van der Waals surface area contributed by atoms with Gasteiger partial charge in [-0.1, -0.05) is 159 Å². The quantitative estimate of drug-likeness (QED) is 0.189. The minimum atomic E-state index is -0.505. The summed E-state index contributed by atoms with van der Waals surface area (Å²) in [6.45, 7) is 4.71. The molecule has 7 aromatic carbocycles. The van der Waals surface area contributed by atoms with Crippen molar-refractivity contribution in [3.63, 3.8) is 0 Å². The van der Waals surface area contributed by atoms with Gasteiger partial charge >= 0.3 is 0 Å². The fraction of sp³-hybridized carbons (Fsp3) is 0.0816. The summed E-state index contributed by atoms with van der Waals surface area (Å²) < 4.78 is 6.84. The van der Waals surface area contributed by atoms with Gasteiger partial charge in [0.25, 0.3) is 0 Å². The molecule has 0 radical (unpaired) electrons. The third-order valence-corrected chi connectivity index (χ3v) is 11.3. The van der Waals surface area contributed by atoms with Crippen molar-refractivity contribution in [1.29, 1.82) is 0 Å². The van der Waals surface area contributed by atoms with Crippen molar-refractivity contribution >= 4 is 10.9 Å². The van der Waals surface area contributed by atoms with Gasteiger partial charge in [0.15, 0.2) is 0 Å². The zero-order chi connectivity index (χ0) is 34.2. The second-order valence-corrected chi connectivity index (χ2v) is 14.3. The Morgan fingerprint density at radius 3 is 1.71 bits per heavy atom. The molecule has 2 nitrogen and oxygen atoms in total. The van der Waals surface area contributed by atoms with E-state index in [4.69, 9.17) is 4.74 Å². The summed E-state index contributed by atoms with van der Waals surface area (Å²) in [7, 11) is 0. The molecule has 2 heteroatoms. The van der Waals surface area contributed by atoms with Crippen LogP contribution < -0.4 is 4.74 Å². The fourth-order valence-corrected chi connectivity index (χ4v) is 8.86. The summed E-state index contributed by atoms with van der Waals surface area (Å²) >= 11 is 0. The normalized spacial score (nSPS) is 14.5. The number of nitrogens with zero attached hydrogens (tertiary/aromatic N) is 1. The SMILES string of the molecule is CC1(C)c2ccccc2C2(c3ccccc3Oc3cc(-c4cccc(-c5ccc(-c6cccc7cccnc67)cc5)c4)ccc32)c2ccccc21. The van der Waals surface area contributed by atoms with Gasteiger partial charge in [0.05, 0.1) is 10.9 Å². The van der Waals surface area contributed by atoms with Gasteiger partial charge < -0.3 is 4.74 Å². The lowest BCUT2D eigenvalue weighted by Gasteiger charge is -2.50. The lowest BCUT2D eigenvalue weighted by atomic mass is 9.53. The molecular formula is C49H35NO. The number of ether oxygens (including phenoxy) is 1. The molecule has 1 aromatic heterocycles. The molecule has 0 fully saturated rings. The molecule has 10 rings (SSSR count). The predicted octanol–water partition coefficient (Wildman–Crippen LogP) is 12.4. The second kappa shape index (κ2) is 11.1. The van der Waals surface area contributed by atoms with Crippen molar-refractivity contribution in [2.24, 2.45) is 0 Å². The van der Waals surface area contributed by atoms with Gasteiger partial charge in [-0.25, -0.2) is 0 Å². The van der Waals surface area contributed by atoms with Crippen molar-refractivity contribution in [2.45, 2.75) is 24.7 Å². The molecule has 0 saturated carbocycles. The zero-order valence-electron chi connectivity index (χ0n) is 28.6. The van der Waals surface area contributed by atoms with Crippen molar-refractivity contribution in [3.8, 4) is 44.9 Å². The van der Waals surface area contributed by atoms with Crippen LogP contribution in [0.2, 0.25) is 0 Å². The van der Waals surface area contributed by atoms with E-state index in [0.717, 1.165) is 44.7 Å². The Bertz CT molecular complexity index is 2590. The van der Waals surface area contributed by atoms with Crippen LogP contribution in [0.1, 0.15) is 47.2 Å². The van der Waals surface area contributed by atoms with Crippen LogP contribution in [0, 0.1) is 0 Å². The first-order chi connectivity index (χ1) is 25.0. The minimum Gasteiger partial charge on any atom is -0.457 e. The Labute approximate surface area is 298 Å². The second-order valence-electron chi connectivity index (χ2n) is 14.3. The summed E-state index contributed by atoms with van der Waals surface area (Å²) in [6.07, 6.45) is 1.86. The zero-order valence-corrected chi connectivity index (χ0v) is 28.6. The number of para-hydroxylation sites is 2. The summed E-state index contributed by atoms with van der Waals surface area (Å²) in [6, 6.07) is 61.6. The van der Waals surface area contributed by atoms with Gasteiger partial charge in [-0.3, -0.25) is 4.98 Å². The molecule has 242 valence electrons. The first kappa shape index (κ1) is 29.6. The van der Waals surface area contributed by atoms with Crippen LogP contribution in [-0.2, 0) is 10.8 Å². The molecule has 2 aliphatic rings. The van der Waals surface area contributed by atoms with Gasteiger partial charge in [-0.15, -0.1) is 0 Å². The summed E-state index contributed by atoms with van der Waals surface area (Å²) in [5.41, 5.74) is 15.0. The molecule has 1 spiro atoms. The number of benzene rings is 7. The van der Waals surface area contributed by atoms with Crippen LogP contribution in [0.4, 0.5) is 0 Å². The molecular weight excluding hydrogens is 619 g/mol. The maximum atomic E-state index is 6.84. The van der Waals surface area contributed by atoms with E-state index in [2.05, 4.69) is 183 Å². The molecule has 1 aliphatic heterocycles. The largest absolute Gasteiger partial charge is 0.457 e. The molecule has 0 bridgehead atoms. The predicted molar refractivity (Wildman–Crippen MR) is 209 cm³/mol. The van der Waals surface area contributed by atoms with Gasteiger partial charge in [0.2, 0.25) is 0 Å². The minimum absolute atomic E-state index is 0.143. The molecule has 51 heavy (non-hydrogen) atoms. The molecule has 0 atom stereocenters. The third-order valence-electron chi connectivity index (χ3n) is 11.3. The Balaban J connectivity index is 1.09. The van der Waals surface area contributed by atoms with Crippen molar-refractivity contribution in [3.05, 3.63) is 209 Å². The highest BCUT2D eigenvalue weighted by Crippen LogP contribution is 2.61. The molecule has 2 heterocycles. The van der Waals surface area contributed by atoms with Crippen LogP contribution in [0.5, 0.6) is 11.5 Å². The van der Waals surface area contributed by atoms with E-state index < -0.39 is 5.41 Å². The van der Waals surface area contributed by atoms with Gasteiger partial charge in [-0.05, 0) is 74.3 Å². The van der Waals surface area contributed by atoms with Crippen LogP contribution in [0.3, 0.4) is 0 Å². The van der Waals surface area contributed by atoms with Crippen LogP contribution in [0.25, 0.3) is 44.3 Å². The average molecular weight is 654 g/mol. The van der Waals surface area contributed by atoms with Crippen molar-refractivity contribution in [2.75, 3.05) is 0 Å². The number of pyridine rings is 1. The van der Waals surface area contributed by atoms with Gasteiger partial charge in [0, 0.05) is 33.7 Å². The monoisotopic (exact) mass is 653 g/mol. The number of aromatic nitrogens is 1. The van der Waals surface area contributed by atoms with Crippen molar-refractivity contribution in [1.82, 2.24) is 4.98 Å². The van der Waals surface area contributed by atoms with Gasteiger partial charge in [-0.2, -0.15) is 0 Å². The summed E-state index contributed by atoms with van der Waals surface area (Å²) in [4.78, 5) is 4.67. The van der Waals surface area contributed by atoms with Crippen LogP contribution in [0.15, 0.2) is 176 Å². The van der Waals surface area contributed by atoms with E-state index in [9.17, 15) is 0 Å². The van der Waals surface area contributed by atoms with E-state index >= 15 is 0 Å². The lowest BCUT2D eigenvalue weighted by molar-refractivity contribution is 0.425. The Hall–Kier alpha value is -6.25. The van der Waals surface area contributed by atoms with E-state index in [0.29, 0.717) is 0 Å². The Morgan fingerprint density at radius 1 is 0.412 bits per heavy atom. The topological polar surface area (TPSA) is 22.1 Å². The average Bonchev–Trinajstić information content (AvgIpc) is 3.19. The van der Waals surface area contributed by atoms with Crippen molar-refractivity contribution < 1.29 is 4.74 Å². The maximum Gasteiger partial charge on any atom is 0.132 e. The first-order valence-corrected chi connectivity index (χ1v) is 17.7. The first-order valence-electron chi connectivity index (χ1n) is 17.7. The molecule has 0 amide bonds. The highest BCUT2D eigenvalue weighted by Gasteiger charge is 2.52. The molecule has 0 saturated heterocycles. The highest BCUT2D eigenvalue weighted by molar-refractivity contribution is 5.94. The molecule has 0 unspecified atom stereocenters. The lowest BCUT2D eigenvalue weighted by Crippen LogP contribution is -2.43. The molecule has 8 aromatic rings. The highest BCUT2D eigenvalue weighted by atomic mass is 16.5. The van der Waals surface area contributed by atoms with Crippen LogP contribution >= 0.6 is 0 Å². The third kappa shape index (κ3) is 4.33. The number of fused-ring (bicyclic) bond motifs is 9. The van der Waals surface area contributed by atoms with E-state index in [1.54, 1.807) is 0 Å². The van der Waals surface area contributed by atoms with E-state index in [-0.39, 0.29) is 5.41 Å². The Morgan fingerprint density at radius 2 is 0.961 bits per heavy atom. The summed E-state index contributed by atoms with van der Waals surface area (Å²) in [5.74, 6) is 1.80. The van der Waals surface area contributed by atoms with E-state index in [1.165, 1.54) is 44.5 Å². The Kier molecular flexibility index (Phi) is 6.47. The van der Waals surface area contributed by atoms with E-state index in [1.807, 2.05) is 12.3 Å². The number of hydrogen-bond acceptors (Lipinski definition) is 2. The smallest absolute Gasteiger partial charge is 0.132 e. The standard InChI is InChI=1S/C49H35NO/c1-48(2)39-17-3-5-19-41(39)49(42-20-6-4-18-40(42)48)43-21-7-8-22-45(43)51-46-31-37(27-28-44(46)49)36-14-9-13-35(30-36)32-23-25-33(26-24-32)38-16-10-12-34-15-11-29-50-47(34)38/h3-31H,1-2H3. The van der Waals surface area contributed by atoms with Gasteiger partial charge in [0.1, 0.15) is 11.5 Å². The fourth-order valence-electron chi connectivity index (χ4n) is 8.86. The van der Waals surface area contributed by atoms with Crippen LogP contribution in [-0.4, -0.2) is 4.98 Å². The maximum absolute atomic E-state index is 6.84.